The highest BCUT2D eigenvalue weighted by Crippen LogP contribution is 1.99. The number of hydrogen-bond donors (Lipinski definition) is 2. The molecule has 5 nitrogen and oxygen atoms in total. The minimum absolute atomic E-state index is 0. The molecule has 0 unspecified atom stereocenters. The Morgan fingerprint density at radius 3 is 3.00 bits per heavy atom. The molecule has 0 saturated heterocycles. The molecule has 0 fully saturated rings. The van der Waals surface area contributed by atoms with Crippen molar-refractivity contribution in [2.45, 2.75) is 6.42 Å². The lowest BCUT2D eigenvalue weighted by Crippen LogP contribution is -2.27. The van der Waals surface area contributed by atoms with E-state index in [9.17, 15) is 4.79 Å². The molecule has 2 aromatic heterocycles. The van der Waals surface area contributed by atoms with Gasteiger partial charge in [0, 0.05) is 38.1 Å². The highest BCUT2D eigenvalue weighted by Gasteiger charge is 2.07. The molecule has 0 atom stereocenters. The fourth-order valence-corrected chi connectivity index (χ4v) is 1.52. The van der Waals surface area contributed by atoms with Gasteiger partial charge in [-0.15, -0.1) is 12.4 Å². The first-order valence-electron chi connectivity index (χ1n) is 5.14. The lowest BCUT2D eigenvalue weighted by molar-refractivity contribution is 0.0946. The molecule has 2 rings (SSSR count). The van der Waals surface area contributed by atoms with Gasteiger partial charge in [-0.25, -0.2) is 4.98 Å². The maximum Gasteiger partial charge on any atom is 0.267 e. The largest absolute Gasteiger partial charge is 0.350 e. The number of aromatic nitrogens is 3. The van der Waals surface area contributed by atoms with Gasteiger partial charge in [0.1, 0.15) is 5.69 Å². The number of aryl methyl sites for hydroxylation is 1. The Balaban J connectivity index is 0.00000144. The summed E-state index contributed by atoms with van der Waals surface area (Å²) in [7, 11) is 1.85. The first-order valence-corrected chi connectivity index (χ1v) is 5.14. The molecule has 0 aliphatic heterocycles. The number of imidazole rings is 1. The SMILES string of the molecule is Cl.Cn1cccc1C(=O)NCCc1cnc[nH]1. The van der Waals surface area contributed by atoms with Crippen LogP contribution in [0.5, 0.6) is 0 Å². The van der Waals surface area contributed by atoms with Crippen molar-refractivity contribution in [2.75, 3.05) is 6.54 Å². The van der Waals surface area contributed by atoms with Crippen LogP contribution >= 0.6 is 12.4 Å². The van der Waals surface area contributed by atoms with Crippen LogP contribution in [-0.2, 0) is 13.5 Å². The van der Waals surface area contributed by atoms with Crippen molar-refractivity contribution in [1.29, 1.82) is 0 Å². The topological polar surface area (TPSA) is 62.7 Å². The van der Waals surface area contributed by atoms with Gasteiger partial charge >= 0.3 is 0 Å². The van der Waals surface area contributed by atoms with E-state index in [4.69, 9.17) is 0 Å². The van der Waals surface area contributed by atoms with Crippen LogP contribution in [0.2, 0.25) is 0 Å². The Labute approximate surface area is 106 Å². The third-order valence-electron chi connectivity index (χ3n) is 2.41. The van der Waals surface area contributed by atoms with Crippen molar-refractivity contribution in [3.63, 3.8) is 0 Å². The summed E-state index contributed by atoms with van der Waals surface area (Å²) in [5.74, 6) is -0.0491. The Bertz CT molecular complexity index is 464. The van der Waals surface area contributed by atoms with E-state index in [1.165, 1.54) is 0 Å². The maximum absolute atomic E-state index is 11.7. The van der Waals surface area contributed by atoms with E-state index in [0.29, 0.717) is 12.2 Å². The number of H-pyrrole nitrogens is 1. The average Bonchev–Trinajstić information content (AvgIpc) is 2.88. The number of rotatable bonds is 4. The van der Waals surface area contributed by atoms with Crippen molar-refractivity contribution in [1.82, 2.24) is 19.9 Å². The van der Waals surface area contributed by atoms with Gasteiger partial charge in [-0.1, -0.05) is 0 Å². The average molecular weight is 255 g/mol. The molecule has 0 radical (unpaired) electrons. The van der Waals surface area contributed by atoms with E-state index in [1.54, 1.807) is 23.2 Å². The van der Waals surface area contributed by atoms with Crippen LogP contribution in [0.3, 0.4) is 0 Å². The van der Waals surface area contributed by atoms with Crippen molar-refractivity contribution in [3.8, 4) is 0 Å². The minimum Gasteiger partial charge on any atom is -0.350 e. The highest BCUT2D eigenvalue weighted by molar-refractivity contribution is 5.92. The van der Waals surface area contributed by atoms with Crippen LogP contribution < -0.4 is 5.32 Å². The Morgan fingerprint density at radius 1 is 1.59 bits per heavy atom. The fraction of sp³-hybridized carbons (Fsp3) is 0.273. The highest BCUT2D eigenvalue weighted by atomic mass is 35.5. The number of carbonyl (C=O) groups is 1. The third-order valence-corrected chi connectivity index (χ3v) is 2.41. The number of nitrogens with zero attached hydrogens (tertiary/aromatic N) is 2. The summed E-state index contributed by atoms with van der Waals surface area (Å²) in [6, 6.07) is 3.65. The van der Waals surface area contributed by atoms with Crippen LogP contribution in [0.15, 0.2) is 30.9 Å². The van der Waals surface area contributed by atoms with Crippen LogP contribution in [0.25, 0.3) is 0 Å². The number of hydrogen-bond acceptors (Lipinski definition) is 2. The molecule has 92 valence electrons. The quantitative estimate of drug-likeness (QED) is 0.860. The molecule has 0 saturated carbocycles. The van der Waals surface area contributed by atoms with E-state index in [1.807, 2.05) is 19.3 Å². The lowest BCUT2D eigenvalue weighted by Gasteiger charge is -2.04. The summed E-state index contributed by atoms with van der Waals surface area (Å²) in [6.07, 6.45) is 6.00. The van der Waals surface area contributed by atoms with Gasteiger partial charge in [-0.05, 0) is 12.1 Å². The zero-order valence-corrected chi connectivity index (χ0v) is 10.3. The van der Waals surface area contributed by atoms with E-state index >= 15 is 0 Å². The molecule has 0 aliphatic carbocycles. The summed E-state index contributed by atoms with van der Waals surface area (Å²) in [5, 5.41) is 2.86. The molecule has 6 heteroatoms. The van der Waals surface area contributed by atoms with E-state index in [-0.39, 0.29) is 18.3 Å². The zero-order chi connectivity index (χ0) is 11.4. The Hall–Kier alpha value is -1.75. The Kier molecular flexibility index (Phi) is 4.78. The Morgan fingerprint density at radius 2 is 2.41 bits per heavy atom. The van der Waals surface area contributed by atoms with Crippen molar-refractivity contribution >= 4 is 18.3 Å². The summed E-state index contributed by atoms with van der Waals surface area (Å²) in [5.41, 5.74) is 1.69. The first-order chi connectivity index (χ1) is 7.77. The van der Waals surface area contributed by atoms with Crippen LogP contribution in [0.1, 0.15) is 16.2 Å². The number of halogens is 1. The predicted octanol–water partition coefficient (Wildman–Crippen LogP) is 1.14. The fourth-order valence-electron chi connectivity index (χ4n) is 1.52. The number of aromatic amines is 1. The van der Waals surface area contributed by atoms with Gasteiger partial charge in [-0.3, -0.25) is 4.79 Å². The number of nitrogens with one attached hydrogen (secondary N) is 2. The van der Waals surface area contributed by atoms with Gasteiger partial charge in [0.05, 0.1) is 6.33 Å². The second kappa shape index (κ2) is 6.10. The molecule has 2 N–H and O–H groups in total. The molecule has 0 aliphatic rings. The molecular formula is C11H15ClN4O. The smallest absolute Gasteiger partial charge is 0.267 e. The summed E-state index contributed by atoms with van der Waals surface area (Å²) in [4.78, 5) is 18.6. The van der Waals surface area contributed by atoms with Gasteiger partial charge in [0.25, 0.3) is 5.91 Å². The third kappa shape index (κ3) is 3.35. The second-order valence-electron chi connectivity index (χ2n) is 3.59. The van der Waals surface area contributed by atoms with E-state index in [2.05, 4.69) is 15.3 Å². The monoisotopic (exact) mass is 254 g/mol. The van der Waals surface area contributed by atoms with Crippen molar-refractivity contribution < 1.29 is 4.79 Å². The van der Waals surface area contributed by atoms with Gasteiger partial charge < -0.3 is 14.9 Å². The van der Waals surface area contributed by atoms with Gasteiger partial charge in [0.15, 0.2) is 0 Å². The zero-order valence-electron chi connectivity index (χ0n) is 9.51. The van der Waals surface area contributed by atoms with Crippen molar-refractivity contribution in [2.24, 2.45) is 7.05 Å². The standard InChI is InChI=1S/C11H14N4O.ClH/c1-15-6-2-3-10(15)11(16)13-5-4-9-7-12-8-14-9;/h2-3,6-8H,4-5H2,1H3,(H,12,14)(H,13,16);1H. The predicted molar refractivity (Wildman–Crippen MR) is 67.3 cm³/mol. The van der Waals surface area contributed by atoms with Crippen molar-refractivity contribution in [3.05, 3.63) is 42.2 Å². The molecule has 2 aromatic rings. The van der Waals surface area contributed by atoms with Crippen LogP contribution in [-0.4, -0.2) is 27.0 Å². The second-order valence-corrected chi connectivity index (χ2v) is 3.59. The van der Waals surface area contributed by atoms with Crippen LogP contribution in [0.4, 0.5) is 0 Å². The van der Waals surface area contributed by atoms with E-state index in [0.717, 1.165) is 12.1 Å². The van der Waals surface area contributed by atoms with E-state index < -0.39 is 0 Å². The normalized spacial score (nSPS) is 9.71. The molecule has 1 amide bonds. The minimum atomic E-state index is -0.0491. The van der Waals surface area contributed by atoms with Gasteiger partial charge in [-0.2, -0.15) is 0 Å². The molecule has 0 spiro atoms. The lowest BCUT2D eigenvalue weighted by atomic mass is 10.3. The molecule has 0 bridgehead atoms. The summed E-state index contributed by atoms with van der Waals surface area (Å²) < 4.78 is 1.80. The van der Waals surface area contributed by atoms with Gasteiger partial charge in [0.2, 0.25) is 0 Å². The number of amides is 1. The maximum atomic E-state index is 11.7. The summed E-state index contributed by atoms with van der Waals surface area (Å²) in [6.45, 7) is 0.603. The molecule has 2 heterocycles. The first kappa shape index (κ1) is 13.3. The molecular weight excluding hydrogens is 240 g/mol. The number of carbonyl (C=O) groups excluding carboxylic acids is 1. The molecule has 0 aromatic carbocycles. The summed E-state index contributed by atoms with van der Waals surface area (Å²) >= 11 is 0. The molecule has 17 heavy (non-hydrogen) atoms. The van der Waals surface area contributed by atoms with Crippen LogP contribution in [0, 0.1) is 0 Å².